The van der Waals surface area contributed by atoms with E-state index in [9.17, 15) is 24.3 Å². The molecule has 0 unspecified atom stereocenters. The number of aliphatic carboxylic acids is 1. The maximum absolute atomic E-state index is 12.8. The molecule has 24 heavy (non-hydrogen) atoms. The lowest BCUT2D eigenvalue weighted by atomic mass is 9.85. The highest BCUT2D eigenvalue weighted by molar-refractivity contribution is 6.08. The number of imide groups is 1. The third-order valence-corrected chi connectivity index (χ3v) is 5.40. The Kier molecular flexibility index (Phi) is 4.01. The summed E-state index contributed by atoms with van der Waals surface area (Å²) >= 11 is 0. The minimum atomic E-state index is -1.04. The quantitative estimate of drug-likeness (QED) is 0.732. The Hall–Kier alpha value is -2.12. The van der Waals surface area contributed by atoms with E-state index in [0.717, 1.165) is 30.6 Å². The van der Waals surface area contributed by atoms with Gasteiger partial charge in [0, 0.05) is 6.04 Å². The molecular weight excluding hydrogens is 314 g/mol. The summed E-state index contributed by atoms with van der Waals surface area (Å²) < 4.78 is 0. The molecule has 8 heteroatoms. The molecule has 0 spiro atoms. The van der Waals surface area contributed by atoms with Crippen LogP contribution in [-0.4, -0.2) is 62.9 Å². The number of rotatable bonds is 3. The van der Waals surface area contributed by atoms with Crippen molar-refractivity contribution in [3.05, 3.63) is 0 Å². The fourth-order valence-electron chi connectivity index (χ4n) is 4.22. The highest BCUT2D eigenvalue weighted by atomic mass is 16.4. The van der Waals surface area contributed by atoms with E-state index in [1.165, 1.54) is 4.90 Å². The molecule has 2 aliphatic heterocycles. The van der Waals surface area contributed by atoms with Crippen LogP contribution in [0.15, 0.2) is 0 Å². The molecule has 1 saturated carbocycles. The van der Waals surface area contributed by atoms with Gasteiger partial charge in [-0.05, 0) is 39.0 Å². The predicted molar refractivity (Wildman–Crippen MR) is 83.0 cm³/mol. The number of amides is 4. The van der Waals surface area contributed by atoms with Gasteiger partial charge in [-0.1, -0.05) is 12.8 Å². The number of nitrogens with zero attached hydrogens (tertiary/aromatic N) is 2. The monoisotopic (exact) mass is 337 g/mol. The van der Waals surface area contributed by atoms with Crippen molar-refractivity contribution in [1.82, 2.24) is 15.1 Å². The van der Waals surface area contributed by atoms with E-state index in [4.69, 9.17) is 0 Å². The van der Waals surface area contributed by atoms with Crippen molar-refractivity contribution in [3.63, 3.8) is 0 Å². The second kappa shape index (κ2) is 5.75. The van der Waals surface area contributed by atoms with E-state index in [0.29, 0.717) is 6.42 Å². The Morgan fingerprint density at radius 2 is 1.92 bits per heavy atom. The molecule has 2 heterocycles. The van der Waals surface area contributed by atoms with E-state index < -0.39 is 41.9 Å². The standard InChI is InChI=1S/C16H23N3O5/c1-16(2)14(23)18(15(24)17-16)8-12(20)19-10-6-4-3-5-9(10)7-11(19)13(21)22/h9-11H,3-8H2,1-2H3,(H,17,24)(H,21,22)/t9-,10+,11-/m0/s1. The predicted octanol–water partition coefficient (Wildman–Crippen LogP) is 0.561. The van der Waals surface area contributed by atoms with E-state index in [2.05, 4.69) is 5.32 Å². The minimum Gasteiger partial charge on any atom is -0.480 e. The fourth-order valence-corrected chi connectivity index (χ4v) is 4.22. The topological polar surface area (TPSA) is 107 Å². The largest absolute Gasteiger partial charge is 0.480 e. The highest BCUT2D eigenvalue weighted by Gasteiger charge is 2.50. The Bertz CT molecular complexity index is 603. The number of carbonyl (C=O) groups excluding carboxylic acids is 3. The summed E-state index contributed by atoms with van der Waals surface area (Å²) in [6.45, 7) is 2.75. The zero-order chi connectivity index (χ0) is 17.6. The summed E-state index contributed by atoms with van der Waals surface area (Å²) in [4.78, 5) is 50.8. The first-order valence-electron chi connectivity index (χ1n) is 8.40. The smallest absolute Gasteiger partial charge is 0.326 e. The van der Waals surface area contributed by atoms with Gasteiger partial charge in [-0.3, -0.25) is 14.5 Å². The molecule has 3 fully saturated rings. The van der Waals surface area contributed by atoms with Crippen LogP contribution in [0.5, 0.6) is 0 Å². The van der Waals surface area contributed by atoms with Gasteiger partial charge in [0.1, 0.15) is 18.1 Å². The number of fused-ring (bicyclic) bond motifs is 1. The van der Waals surface area contributed by atoms with Gasteiger partial charge in [0.05, 0.1) is 0 Å². The van der Waals surface area contributed by atoms with Crippen molar-refractivity contribution in [2.24, 2.45) is 5.92 Å². The van der Waals surface area contributed by atoms with Gasteiger partial charge in [-0.25, -0.2) is 9.59 Å². The van der Waals surface area contributed by atoms with E-state index in [1.807, 2.05) is 0 Å². The third-order valence-electron chi connectivity index (χ3n) is 5.40. The van der Waals surface area contributed by atoms with Gasteiger partial charge < -0.3 is 15.3 Å². The molecule has 0 bridgehead atoms. The average molecular weight is 337 g/mol. The average Bonchev–Trinajstić information content (AvgIpc) is 2.98. The summed E-state index contributed by atoms with van der Waals surface area (Å²) in [5.74, 6) is -1.75. The SMILES string of the molecule is CC1(C)NC(=O)N(CC(=O)N2[C@@H]3CCCC[C@H]3C[C@H]2C(=O)O)C1=O. The Balaban J connectivity index is 1.78. The molecule has 3 aliphatic rings. The van der Waals surface area contributed by atoms with Crippen LogP contribution >= 0.6 is 0 Å². The van der Waals surface area contributed by atoms with Crippen LogP contribution in [0.4, 0.5) is 4.79 Å². The van der Waals surface area contributed by atoms with Gasteiger partial charge in [0.15, 0.2) is 0 Å². The number of hydrogen-bond acceptors (Lipinski definition) is 4. The van der Waals surface area contributed by atoms with Gasteiger partial charge in [-0.15, -0.1) is 0 Å². The summed E-state index contributed by atoms with van der Waals surface area (Å²) in [5, 5.41) is 12.0. The van der Waals surface area contributed by atoms with E-state index in [1.54, 1.807) is 13.8 Å². The van der Waals surface area contributed by atoms with Gasteiger partial charge in [-0.2, -0.15) is 0 Å². The fraction of sp³-hybridized carbons (Fsp3) is 0.750. The lowest BCUT2D eigenvalue weighted by Crippen LogP contribution is -2.51. The second-order valence-electron chi connectivity index (χ2n) is 7.45. The van der Waals surface area contributed by atoms with Crippen molar-refractivity contribution in [2.75, 3.05) is 6.54 Å². The molecule has 2 saturated heterocycles. The molecule has 0 radical (unpaired) electrons. The Morgan fingerprint density at radius 1 is 1.25 bits per heavy atom. The zero-order valence-corrected chi connectivity index (χ0v) is 13.9. The highest BCUT2D eigenvalue weighted by Crippen LogP contribution is 2.40. The van der Waals surface area contributed by atoms with Crippen molar-refractivity contribution < 1.29 is 24.3 Å². The van der Waals surface area contributed by atoms with Crippen molar-refractivity contribution in [2.45, 2.75) is 63.6 Å². The second-order valence-corrected chi connectivity index (χ2v) is 7.45. The summed E-state index contributed by atoms with van der Waals surface area (Å²) in [6, 6.07) is -1.56. The molecule has 0 aromatic carbocycles. The number of carbonyl (C=O) groups is 4. The van der Waals surface area contributed by atoms with Gasteiger partial charge >= 0.3 is 12.0 Å². The molecular formula is C16H23N3O5. The third kappa shape index (κ3) is 2.63. The van der Waals surface area contributed by atoms with Crippen LogP contribution in [0, 0.1) is 5.92 Å². The maximum Gasteiger partial charge on any atom is 0.326 e. The lowest BCUT2D eigenvalue weighted by molar-refractivity contribution is -0.150. The Morgan fingerprint density at radius 3 is 2.50 bits per heavy atom. The van der Waals surface area contributed by atoms with Crippen molar-refractivity contribution >= 4 is 23.8 Å². The number of nitrogens with one attached hydrogen (secondary N) is 1. The van der Waals surface area contributed by atoms with Crippen LogP contribution in [0.3, 0.4) is 0 Å². The number of likely N-dealkylation sites (tertiary alicyclic amines) is 1. The maximum atomic E-state index is 12.8. The molecule has 132 valence electrons. The van der Waals surface area contributed by atoms with Crippen LogP contribution < -0.4 is 5.32 Å². The lowest BCUT2D eigenvalue weighted by Gasteiger charge is -2.33. The van der Waals surface area contributed by atoms with Crippen LogP contribution in [0.2, 0.25) is 0 Å². The first kappa shape index (κ1) is 16.7. The normalized spacial score (nSPS) is 31.8. The van der Waals surface area contributed by atoms with Crippen molar-refractivity contribution in [1.29, 1.82) is 0 Å². The first-order chi connectivity index (χ1) is 11.2. The van der Waals surface area contributed by atoms with Gasteiger partial charge in [0.25, 0.3) is 5.91 Å². The van der Waals surface area contributed by atoms with Crippen LogP contribution in [0.1, 0.15) is 46.0 Å². The zero-order valence-electron chi connectivity index (χ0n) is 13.9. The van der Waals surface area contributed by atoms with Gasteiger partial charge in [0.2, 0.25) is 5.91 Å². The first-order valence-corrected chi connectivity index (χ1v) is 8.40. The van der Waals surface area contributed by atoms with Crippen molar-refractivity contribution in [3.8, 4) is 0 Å². The van der Waals surface area contributed by atoms with E-state index in [-0.39, 0.29) is 12.0 Å². The molecule has 3 rings (SSSR count). The number of hydrogen-bond donors (Lipinski definition) is 2. The Labute approximate surface area is 140 Å². The van der Waals surface area contributed by atoms with Crippen LogP contribution in [-0.2, 0) is 14.4 Å². The molecule has 4 amide bonds. The molecule has 2 N–H and O–H groups in total. The molecule has 3 atom stereocenters. The molecule has 1 aliphatic carbocycles. The minimum absolute atomic E-state index is 0.0962. The summed E-state index contributed by atoms with van der Waals surface area (Å²) in [7, 11) is 0. The summed E-state index contributed by atoms with van der Waals surface area (Å²) in [6.07, 6.45) is 4.18. The number of urea groups is 1. The summed E-state index contributed by atoms with van der Waals surface area (Å²) in [5.41, 5.74) is -1.04. The number of carboxylic acids is 1. The molecule has 0 aromatic heterocycles. The molecule has 8 nitrogen and oxygen atoms in total. The molecule has 0 aromatic rings. The number of carboxylic acid groups (broad SMARTS) is 1. The van der Waals surface area contributed by atoms with E-state index >= 15 is 0 Å². The van der Waals surface area contributed by atoms with Crippen LogP contribution in [0.25, 0.3) is 0 Å².